The molecule has 1 rings (SSSR count). The third-order valence-electron chi connectivity index (χ3n) is 2.97. The Morgan fingerprint density at radius 3 is 2.48 bits per heavy atom. The van der Waals surface area contributed by atoms with Gasteiger partial charge < -0.3 is 19.5 Å². The van der Waals surface area contributed by atoms with E-state index >= 15 is 0 Å². The van der Waals surface area contributed by atoms with Crippen LogP contribution in [0.3, 0.4) is 0 Å². The largest absolute Gasteiger partial charge is 0.482 e. The van der Waals surface area contributed by atoms with Crippen LogP contribution in [0.1, 0.15) is 13.8 Å². The molecule has 5 nitrogen and oxygen atoms in total. The fourth-order valence-corrected chi connectivity index (χ4v) is 1.86. The van der Waals surface area contributed by atoms with Gasteiger partial charge in [-0.15, -0.1) is 0 Å². The van der Waals surface area contributed by atoms with Gasteiger partial charge in [0.1, 0.15) is 18.5 Å². The van der Waals surface area contributed by atoms with Crippen LogP contribution in [-0.2, 0) is 9.53 Å². The van der Waals surface area contributed by atoms with E-state index < -0.39 is 12.1 Å². The van der Waals surface area contributed by atoms with Crippen LogP contribution in [0.2, 0.25) is 5.02 Å². The molecular formula is C15H22ClNO4. The van der Waals surface area contributed by atoms with E-state index in [1.165, 1.54) is 0 Å². The van der Waals surface area contributed by atoms with Crippen molar-refractivity contribution in [3.8, 4) is 5.75 Å². The minimum absolute atomic E-state index is 0.0285. The first kappa shape index (κ1) is 17.8. The smallest absolute Gasteiger partial charge is 0.344 e. The lowest BCUT2D eigenvalue weighted by atomic mass is 10.3. The Labute approximate surface area is 130 Å². The zero-order valence-corrected chi connectivity index (χ0v) is 13.2. The predicted molar refractivity (Wildman–Crippen MR) is 81.7 cm³/mol. The number of rotatable bonds is 9. The van der Waals surface area contributed by atoms with E-state index in [1.807, 2.05) is 13.8 Å². The number of benzene rings is 1. The second-order valence-corrected chi connectivity index (χ2v) is 5.00. The first-order valence-electron chi connectivity index (χ1n) is 6.99. The first-order chi connectivity index (χ1) is 10.0. The molecule has 1 atom stereocenters. The summed E-state index contributed by atoms with van der Waals surface area (Å²) in [4.78, 5) is 13.6. The number of halogens is 1. The van der Waals surface area contributed by atoms with Gasteiger partial charge in [-0.2, -0.15) is 0 Å². The number of likely N-dealkylation sites (N-methyl/N-ethyl adjacent to an activating group) is 1. The average molecular weight is 316 g/mol. The molecule has 0 fully saturated rings. The molecule has 6 heteroatoms. The lowest BCUT2D eigenvalue weighted by Crippen LogP contribution is -2.35. The summed E-state index contributed by atoms with van der Waals surface area (Å²) in [6.45, 7) is 5.99. The van der Waals surface area contributed by atoms with Crippen LogP contribution in [0.4, 0.5) is 0 Å². The quantitative estimate of drug-likeness (QED) is 0.706. The van der Waals surface area contributed by atoms with Crippen LogP contribution in [0.25, 0.3) is 0 Å². The summed E-state index contributed by atoms with van der Waals surface area (Å²) < 4.78 is 10.2. The second-order valence-electron chi connectivity index (χ2n) is 4.57. The molecule has 0 aliphatic carbocycles. The number of ether oxygens (including phenoxy) is 2. The molecule has 0 bridgehead atoms. The Hall–Kier alpha value is -1.30. The molecule has 1 N–H and O–H groups in total. The van der Waals surface area contributed by atoms with Gasteiger partial charge >= 0.3 is 5.97 Å². The average Bonchev–Trinajstić information content (AvgIpc) is 2.50. The SMILES string of the molecule is CCN(CC)CC(O)COC(=O)COc1ccc(Cl)cc1. The molecule has 0 aliphatic rings. The Morgan fingerprint density at radius 1 is 1.29 bits per heavy atom. The van der Waals surface area contributed by atoms with Gasteiger partial charge in [-0.05, 0) is 37.4 Å². The Balaban J connectivity index is 2.23. The number of aliphatic hydroxyl groups excluding tert-OH is 1. The third-order valence-corrected chi connectivity index (χ3v) is 3.22. The van der Waals surface area contributed by atoms with Gasteiger partial charge in [0.15, 0.2) is 6.61 Å². The molecule has 0 saturated carbocycles. The van der Waals surface area contributed by atoms with Gasteiger partial charge in [-0.3, -0.25) is 0 Å². The summed E-state index contributed by atoms with van der Waals surface area (Å²) in [5.41, 5.74) is 0. The first-order valence-corrected chi connectivity index (χ1v) is 7.37. The number of nitrogens with zero attached hydrogens (tertiary/aromatic N) is 1. The maximum absolute atomic E-state index is 11.5. The van der Waals surface area contributed by atoms with Crippen molar-refractivity contribution in [1.29, 1.82) is 0 Å². The fraction of sp³-hybridized carbons (Fsp3) is 0.533. The molecule has 0 aromatic heterocycles. The van der Waals surface area contributed by atoms with Crippen LogP contribution in [-0.4, -0.2) is 54.9 Å². The normalized spacial score (nSPS) is 12.2. The van der Waals surface area contributed by atoms with Gasteiger partial charge in [0, 0.05) is 11.6 Å². The molecule has 0 saturated heterocycles. The van der Waals surface area contributed by atoms with E-state index in [2.05, 4.69) is 4.90 Å². The summed E-state index contributed by atoms with van der Waals surface area (Å²) in [6.07, 6.45) is -0.690. The predicted octanol–water partition coefficient (Wildman–Crippen LogP) is 1.96. The molecule has 1 aromatic rings. The fourth-order valence-electron chi connectivity index (χ4n) is 1.74. The van der Waals surface area contributed by atoms with Crippen molar-refractivity contribution in [3.05, 3.63) is 29.3 Å². The minimum atomic E-state index is -0.690. The van der Waals surface area contributed by atoms with Crippen molar-refractivity contribution >= 4 is 17.6 Å². The van der Waals surface area contributed by atoms with Crippen molar-refractivity contribution in [1.82, 2.24) is 4.90 Å². The molecule has 0 radical (unpaired) electrons. The van der Waals surface area contributed by atoms with Gasteiger partial charge in [0.2, 0.25) is 0 Å². The Kier molecular flexibility index (Phi) is 8.12. The summed E-state index contributed by atoms with van der Waals surface area (Å²) in [7, 11) is 0. The Bertz CT molecular complexity index is 420. The lowest BCUT2D eigenvalue weighted by molar-refractivity contribution is -0.149. The Morgan fingerprint density at radius 2 is 1.90 bits per heavy atom. The van der Waals surface area contributed by atoms with Crippen molar-refractivity contribution in [2.75, 3.05) is 32.8 Å². The zero-order chi connectivity index (χ0) is 15.7. The third kappa shape index (κ3) is 7.32. The van der Waals surface area contributed by atoms with Crippen LogP contribution >= 0.6 is 11.6 Å². The maximum atomic E-state index is 11.5. The highest BCUT2D eigenvalue weighted by atomic mass is 35.5. The number of hydrogen-bond acceptors (Lipinski definition) is 5. The summed E-state index contributed by atoms with van der Waals surface area (Å²) in [5, 5.41) is 10.4. The van der Waals surface area contributed by atoms with E-state index in [9.17, 15) is 9.90 Å². The highest BCUT2D eigenvalue weighted by Gasteiger charge is 2.12. The molecule has 118 valence electrons. The van der Waals surface area contributed by atoms with Gasteiger partial charge in [-0.25, -0.2) is 4.79 Å². The molecule has 0 spiro atoms. The van der Waals surface area contributed by atoms with E-state index in [0.29, 0.717) is 17.3 Å². The molecule has 0 amide bonds. The lowest BCUT2D eigenvalue weighted by Gasteiger charge is -2.21. The molecule has 0 aliphatic heterocycles. The van der Waals surface area contributed by atoms with Gasteiger partial charge in [0.25, 0.3) is 0 Å². The number of esters is 1. The van der Waals surface area contributed by atoms with E-state index in [0.717, 1.165) is 13.1 Å². The van der Waals surface area contributed by atoms with Crippen molar-refractivity contribution in [3.63, 3.8) is 0 Å². The maximum Gasteiger partial charge on any atom is 0.344 e. The minimum Gasteiger partial charge on any atom is -0.482 e. The van der Waals surface area contributed by atoms with Crippen molar-refractivity contribution in [2.45, 2.75) is 20.0 Å². The van der Waals surface area contributed by atoms with Gasteiger partial charge in [0.05, 0.1) is 0 Å². The molecule has 21 heavy (non-hydrogen) atoms. The zero-order valence-electron chi connectivity index (χ0n) is 12.4. The van der Waals surface area contributed by atoms with Crippen LogP contribution in [0.15, 0.2) is 24.3 Å². The number of hydrogen-bond donors (Lipinski definition) is 1. The highest BCUT2D eigenvalue weighted by Crippen LogP contribution is 2.15. The molecule has 0 heterocycles. The molecular weight excluding hydrogens is 294 g/mol. The van der Waals surface area contributed by atoms with Gasteiger partial charge in [-0.1, -0.05) is 25.4 Å². The van der Waals surface area contributed by atoms with Crippen molar-refractivity contribution in [2.24, 2.45) is 0 Å². The summed E-state index contributed by atoms with van der Waals surface area (Å²) >= 11 is 5.75. The number of aliphatic hydroxyl groups is 1. The monoisotopic (exact) mass is 315 g/mol. The highest BCUT2D eigenvalue weighted by molar-refractivity contribution is 6.30. The number of carbonyl (C=O) groups excluding carboxylic acids is 1. The molecule has 1 aromatic carbocycles. The van der Waals surface area contributed by atoms with Crippen LogP contribution in [0, 0.1) is 0 Å². The second kappa shape index (κ2) is 9.60. The van der Waals surface area contributed by atoms with Crippen LogP contribution < -0.4 is 4.74 Å². The summed E-state index contributed by atoms with van der Waals surface area (Å²) in [5.74, 6) is 0.0311. The summed E-state index contributed by atoms with van der Waals surface area (Å²) in [6, 6.07) is 6.70. The van der Waals surface area contributed by atoms with E-state index in [-0.39, 0.29) is 13.2 Å². The topological polar surface area (TPSA) is 59.0 Å². The van der Waals surface area contributed by atoms with E-state index in [4.69, 9.17) is 21.1 Å². The number of carbonyl (C=O) groups is 1. The van der Waals surface area contributed by atoms with Crippen LogP contribution in [0.5, 0.6) is 5.75 Å². The van der Waals surface area contributed by atoms with E-state index in [1.54, 1.807) is 24.3 Å². The standard InChI is InChI=1S/C15H22ClNO4/c1-3-17(4-2)9-13(18)10-21-15(19)11-20-14-7-5-12(16)6-8-14/h5-8,13,18H,3-4,9-11H2,1-2H3. The molecule has 1 unspecified atom stereocenters. The van der Waals surface area contributed by atoms with Crippen molar-refractivity contribution < 1.29 is 19.4 Å².